The van der Waals surface area contributed by atoms with Crippen LogP contribution in [0, 0.1) is 0 Å². The van der Waals surface area contributed by atoms with E-state index in [1.165, 1.54) is 11.9 Å². The predicted octanol–water partition coefficient (Wildman–Crippen LogP) is 3.98. The van der Waals surface area contributed by atoms with Crippen LogP contribution in [0.2, 0.25) is 0 Å². The Morgan fingerprint density at radius 2 is 1.57 bits per heavy atom. The first-order chi connectivity index (χ1) is 13.8. The summed E-state index contributed by atoms with van der Waals surface area (Å²) >= 11 is 0. The van der Waals surface area contributed by atoms with Crippen LogP contribution in [0.5, 0.6) is 0 Å². The van der Waals surface area contributed by atoms with Gasteiger partial charge in [-0.05, 0) is 41.8 Å². The quantitative estimate of drug-likeness (QED) is 0.560. The lowest BCUT2D eigenvalue weighted by molar-refractivity contribution is 0.0936. The molecule has 1 aromatic heterocycles. The molecule has 0 aliphatic carbocycles. The number of hydrogen-bond donors (Lipinski definition) is 1. The van der Waals surface area contributed by atoms with Crippen molar-refractivity contribution in [1.82, 2.24) is 20.1 Å². The summed E-state index contributed by atoms with van der Waals surface area (Å²) in [7, 11) is 0. The van der Waals surface area contributed by atoms with E-state index in [2.05, 4.69) is 27.5 Å². The maximum Gasteiger partial charge on any atom is 0.251 e. The molecule has 0 bridgehead atoms. The van der Waals surface area contributed by atoms with Crippen LogP contribution in [-0.2, 0) is 6.42 Å². The molecule has 0 spiro atoms. The van der Waals surface area contributed by atoms with Gasteiger partial charge in [0.1, 0.15) is 12.7 Å². The minimum atomic E-state index is -0.105. The second-order valence-electron chi connectivity index (χ2n) is 6.51. The Kier molecular flexibility index (Phi) is 5.24. The molecule has 138 valence electrons. The molecule has 0 saturated carbocycles. The molecule has 1 amide bonds. The Hall–Kier alpha value is -3.73. The van der Waals surface area contributed by atoms with Gasteiger partial charge in [0.15, 0.2) is 0 Å². The zero-order valence-electron chi connectivity index (χ0n) is 15.3. The van der Waals surface area contributed by atoms with Crippen LogP contribution < -0.4 is 5.32 Å². The fraction of sp³-hybridized carbons (Fsp3) is 0.0870. The second-order valence-corrected chi connectivity index (χ2v) is 6.51. The average molecular weight is 368 g/mol. The highest BCUT2D eigenvalue weighted by Crippen LogP contribution is 2.19. The third-order valence-electron chi connectivity index (χ3n) is 4.60. The van der Waals surface area contributed by atoms with E-state index in [-0.39, 0.29) is 11.9 Å². The van der Waals surface area contributed by atoms with Crippen LogP contribution >= 0.6 is 0 Å². The molecule has 28 heavy (non-hydrogen) atoms. The first-order valence-corrected chi connectivity index (χ1v) is 9.14. The van der Waals surface area contributed by atoms with Crippen molar-refractivity contribution in [2.24, 2.45) is 0 Å². The normalized spacial score (nSPS) is 11.7. The molecule has 0 radical (unpaired) electrons. The first kappa shape index (κ1) is 17.7. The van der Waals surface area contributed by atoms with Gasteiger partial charge in [0.2, 0.25) is 0 Å². The van der Waals surface area contributed by atoms with Crippen LogP contribution in [0.1, 0.15) is 27.5 Å². The van der Waals surface area contributed by atoms with Gasteiger partial charge in [-0.15, -0.1) is 0 Å². The summed E-state index contributed by atoms with van der Waals surface area (Å²) in [4.78, 5) is 16.8. The van der Waals surface area contributed by atoms with Crippen LogP contribution in [0.25, 0.3) is 5.69 Å². The average Bonchev–Trinajstić information content (AvgIpc) is 3.30. The van der Waals surface area contributed by atoms with E-state index < -0.39 is 0 Å². The van der Waals surface area contributed by atoms with Crippen LogP contribution in [0.4, 0.5) is 0 Å². The number of amides is 1. The van der Waals surface area contributed by atoms with Gasteiger partial charge in [-0.3, -0.25) is 4.79 Å². The maximum atomic E-state index is 12.9. The highest BCUT2D eigenvalue weighted by molar-refractivity contribution is 5.94. The minimum Gasteiger partial charge on any atom is -0.345 e. The molecule has 0 aliphatic rings. The molecule has 0 aliphatic heterocycles. The molecule has 1 heterocycles. The van der Waals surface area contributed by atoms with E-state index in [1.807, 2.05) is 60.7 Å². The number of hydrogen-bond acceptors (Lipinski definition) is 3. The van der Waals surface area contributed by atoms with Crippen LogP contribution in [-0.4, -0.2) is 20.7 Å². The van der Waals surface area contributed by atoms with Gasteiger partial charge >= 0.3 is 0 Å². The third-order valence-corrected chi connectivity index (χ3v) is 4.60. The van der Waals surface area contributed by atoms with E-state index in [1.54, 1.807) is 23.1 Å². The van der Waals surface area contributed by atoms with Crippen molar-refractivity contribution >= 4 is 5.91 Å². The molecule has 1 unspecified atom stereocenters. The number of carbonyl (C=O) groups excluding carboxylic acids is 1. The Balaban J connectivity index is 1.53. The Labute approximate surface area is 163 Å². The molecular weight excluding hydrogens is 348 g/mol. The highest BCUT2D eigenvalue weighted by atomic mass is 16.1. The minimum absolute atomic E-state index is 0.102. The molecular formula is C23H20N4O. The van der Waals surface area contributed by atoms with Gasteiger partial charge in [-0.25, -0.2) is 9.67 Å². The molecule has 5 nitrogen and oxygen atoms in total. The molecule has 5 heteroatoms. The van der Waals surface area contributed by atoms with Crippen molar-refractivity contribution in [2.45, 2.75) is 12.5 Å². The van der Waals surface area contributed by atoms with E-state index in [9.17, 15) is 4.79 Å². The van der Waals surface area contributed by atoms with E-state index in [0.717, 1.165) is 17.7 Å². The number of benzene rings is 3. The fourth-order valence-electron chi connectivity index (χ4n) is 3.14. The van der Waals surface area contributed by atoms with Crippen molar-refractivity contribution in [3.63, 3.8) is 0 Å². The number of nitrogens with one attached hydrogen (secondary N) is 1. The van der Waals surface area contributed by atoms with Crippen molar-refractivity contribution in [3.05, 3.63) is 114 Å². The van der Waals surface area contributed by atoms with Crippen molar-refractivity contribution in [2.75, 3.05) is 0 Å². The largest absolute Gasteiger partial charge is 0.345 e. The predicted molar refractivity (Wildman–Crippen MR) is 108 cm³/mol. The molecule has 3 aromatic carbocycles. The number of aromatic nitrogens is 3. The summed E-state index contributed by atoms with van der Waals surface area (Å²) in [5.41, 5.74) is 3.73. The summed E-state index contributed by atoms with van der Waals surface area (Å²) in [6.45, 7) is 0. The summed E-state index contributed by atoms with van der Waals surface area (Å²) in [5, 5.41) is 7.28. The molecule has 1 atom stereocenters. The van der Waals surface area contributed by atoms with Crippen molar-refractivity contribution < 1.29 is 4.79 Å². The number of carbonyl (C=O) groups is 1. The molecule has 0 saturated heterocycles. The third kappa shape index (κ3) is 4.15. The highest BCUT2D eigenvalue weighted by Gasteiger charge is 2.16. The summed E-state index contributed by atoms with van der Waals surface area (Å²) in [5.74, 6) is -0.102. The Morgan fingerprint density at radius 3 is 2.21 bits per heavy atom. The Bertz CT molecular complexity index is 1010. The first-order valence-electron chi connectivity index (χ1n) is 9.14. The van der Waals surface area contributed by atoms with E-state index in [0.29, 0.717) is 5.56 Å². The van der Waals surface area contributed by atoms with E-state index >= 15 is 0 Å². The second kappa shape index (κ2) is 8.31. The van der Waals surface area contributed by atoms with Crippen molar-refractivity contribution in [1.29, 1.82) is 0 Å². The van der Waals surface area contributed by atoms with Crippen molar-refractivity contribution in [3.8, 4) is 5.69 Å². The van der Waals surface area contributed by atoms with Gasteiger partial charge in [0, 0.05) is 5.56 Å². The number of rotatable bonds is 6. The number of nitrogens with zero attached hydrogens (tertiary/aromatic N) is 3. The molecule has 4 rings (SSSR count). The van der Waals surface area contributed by atoms with Gasteiger partial charge in [0.25, 0.3) is 5.91 Å². The lowest BCUT2D eigenvalue weighted by Gasteiger charge is -2.20. The zero-order valence-corrected chi connectivity index (χ0v) is 15.3. The van der Waals surface area contributed by atoms with Gasteiger partial charge in [-0.1, -0.05) is 60.7 Å². The molecule has 4 aromatic rings. The standard InChI is InChI=1S/C23H20N4O/c28-23(20-11-13-21(14-12-20)27-17-24-16-25-27)26-22(19-9-5-2-6-10-19)15-18-7-3-1-4-8-18/h1-14,16-17,22H,15H2,(H,26,28). The molecule has 1 N–H and O–H groups in total. The topological polar surface area (TPSA) is 59.8 Å². The SMILES string of the molecule is O=C(NC(Cc1ccccc1)c1ccccc1)c1ccc(-n2cncn2)cc1. The Morgan fingerprint density at radius 1 is 0.893 bits per heavy atom. The molecule has 0 fully saturated rings. The lowest BCUT2D eigenvalue weighted by atomic mass is 9.98. The summed E-state index contributed by atoms with van der Waals surface area (Å²) in [6.07, 6.45) is 3.84. The van der Waals surface area contributed by atoms with Crippen LogP contribution in [0.3, 0.4) is 0 Å². The van der Waals surface area contributed by atoms with Crippen LogP contribution in [0.15, 0.2) is 97.6 Å². The van der Waals surface area contributed by atoms with E-state index in [4.69, 9.17) is 0 Å². The van der Waals surface area contributed by atoms with Gasteiger partial charge < -0.3 is 5.32 Å². The monoisotopic (exact) mass is 368 g/mol. The summed E-state index contributed by atoms with van der Waals surface area (Å²) < 4.78 is 1.66. The maximum absolute atomic E-state index is 12.9. The van der Waals surface area contributed by atoms with Gasteiger partial charge in [0.05, 0.1) is 11.7 Å². The zero-order chi connectivity index (χ0) is 19.2. The smallest absolute Gasteiger partial charge is 0.251 e. The van der Waals surface area contributed by atoms with Gasteiger partial charge in [-0.2, -0.15) is 5.10 Å². The summed E-state index contributed by atoms with van der Waals surface area (Å²) in [6, 6.07) is 27.5. The lowest BCUT2D eigenvalue weighted by Crippen LogP contribution is -2.30. The fourth-order valence-corrected chi connectivity index (χ4v) is 3.14.